The maximum Gasteiger partial charge on any atom is 0.259 e. The van der Waals surface area contributed by atoms with Gasteiger partial charge in [-0.25, -0.2) is 9.97 Å². The van der Waals surface area contributed by atoms with E-state index in [4.69, 9.17) is 15.2 Å². The van der Waals surface area contributed by atoms with E-state index in [1.807, 2.05) is 44.2 Å². The number of benzene rings is 1. The van der Waals surface area contributed by atoms with Crippen LogP contribution in [0, 0.1) is 0 Å². The summed E-state index contributed by atoms with van der Waals surface area (Å²) in [5.41, 5.74) is 5.64. The first-order valence-corrected chi connectivity index (χ1v) is 8.15. The zero-order valence-corrected chi connectivity index (χ0v) is 14.4. The second kappa shape index (κ2) is 7.06. The second-order valence-electron chi connectivity index (χ2n) is 6.63. The summed E-state index contributed by atoms with van der Waals surface area (Å²) < 4.78 is 11.8. The number of ether oxygens (including phenoxy) is 2. The average molecular weight is 342 g/mol. The molecule has 1 aromatic carbocycles. The monoisotopic (exact) mass is 342 g/mol. The number of nitrogens with zero attached hydrogens (tertiary/aromatic N) is 3. The van der Waals surface area contributed by atoms with Crippen LogP contribution in [0.4, 0.5) is 5.82 Å². The Bertz CT molecular complexity index is 736. The summed E-state index contributed by atoms with van der Waals surface area (Å²) >= 11 is 0. The SMILES string of the molecule is CC1(C)CN(C(=O)c2cncnc2N)C[C@@H](COc2ccccc2)O1. The standard InChI is InChI=1S/C18H22N4O3/c1-18(2)11-22(17(23)15-8-20-12-21-16(15)19)9-14(25-18)10-24-13-6-4-3-5-7-13/h3-8,12,14H,9-11H2,1-2H3,(H2,19,20,21)/t14-/m0/s1. The highest BCUT2D eigenvalue weighted by molar-refractivity contribution is 5.98. The minimum atomic E-state index is -0.483. The number of para-hydroxylation sites is 1. The molecule has 1 saturated heterocycles. The van der Waals surface area contributed by atoms with E-state index in [9.17, 15) is 4.79 Å². The minimum absolute atomic E-state index is 0.182. The molecule has 0 radical (unpaired) electrons. The fraction of sp³-hybridized carbons (Fsp3) is 0.389. The lowest BCUT2D eigenvalue weighted by Crippen LogP contribution is -2.56. The number of hydrogen-bond acceptors (Lipinski definition) is 6. The van der Waals surface area contributed by atoms with Crippen LogP contribution < -0.4 is 10.5 Å². The van der Waals surface area contributed by atoms with Gasteiger partial charge in [0.05, 0.1) is 17.7 Å². The number of carbonyl (C=O) groups excluding carboxylic acids is 1. The summed E-state index contributed by atoms with van der Waals surface area (Å²) in [6, 6.07) is 9.53. The van der Waals surface area contributed by atoms with Crippen LogP contribution >= 0.6 is 0 Å². The molecule has 0 spiro atoms. The van der Waals surface area contributed by atoms with Gasteiger partial charge in [0, 0.05) is 12.7 Å². The van der Waals surface area contributed by atoms with Gasteiger partial charge >= 0.3 is 0 Å². The molecular formula is C18H22N4O3. The van der Waals surface area contributed by atoms with Crippen LogP contribution in [0.2, 0.25) is 0 Å². The van der Waals surface area contributed by atoms with Gasteiger partial charge in [0.15, 0.2) is 0 Å². The molecule has 7 nitrogen and oxygen atoms in total. The molecule has 2 aromatic rings. The van der Waals surface area contributed by atoms with Crippen molar-refractivity contribution in [2.45, 2.75) is 25.6 Å². The first-order chi connectivity index (χ1) is 11.9. The Morgan fingerprint density at radius 1 is 1.40 bits per heavy atom. The second-order valence-corrected chi connectivity index (χ2v) is 6.63. The minimum Gasteiger partial charge on any atom is -0.491 e. The molecule has 1 fully saturated rings. The summed E-state index contributed by atoms with van der Waals surface area (Å²) in [4.78, 5) is 22.3. The van der Waals surface area contributed by atoms with Crippen molar-refractivity contribution in [3.63, 3.8) is 0 Å². The molecule has 1 amide bonds. The Balaban J connectivity index is 1.70. The third-order valence-electron chi connectivity index (χ3n) is 3.92. The summed E-state index contributed by atoms with van der Waals surface area (Å²) in [5, 5.41) is 0. The Morgan fingerprint density at radius 2 is 2.16 bits per heavy atom. The number of carbonyl (C=O) groups is 1. The van der Waals surface area contributed by atoms with Gasteiger partial charge < -0.3 is 20.1 Å². The predicted molar refractivity (Wildman–Crippen MR) is 93.2 cm³/mol. The van der Waals surface area contributed by atoms with E-state index in [2.05, 4.69) is 9.97 Å². The van der Waals surface area contributed by atoms with Crippen molar-refractivity contribution in [2.75, 3.05) is 25.4 Å². The van der Waals surface area contributed by atoms with Crippen LogP contribution in [0.1, 0.15) is 24.2 Å². The number of morpholine rings is 1. The van der Waals surface area contributed by atoms with Gasteiger partial charge in [0.25, 0.3) is 5.91 Å². The number of anilines is 1. The molecule has 25 heavy (non-hydrogen) atoms. The first-order valence-electron chi connectivity index (χ1n) is 8.15. The average Bonchev–Trinajstić information content (AvgIpc) is 2.59. The number of hydrogen-bond donors (Lipinski definition) is 1. The molecule has 0 saturated carbocycles. The quantitative estimate of drug-likeness (QED) is 0.910. The van der Waals surface area contributed by atoms with Gasteiger partial charge in [-0.3, -0.25) is 4.79 Å². The molecule has 1 aromatic heterocycles. The highest BCUT2D eigenvalue weighted by Gasteiger charge is 2.36. The highest BCUT2D eigenvalue weighted by atomic mass is 16.5. The van der Waals surface area contributed by atoms with Gasteiger partial charge in [-0.05, 0) is 26.0 Å². The summed E-state index contributed by atoms with van der Waals surface area (Å²) in [6.07, 6.45) is 2.54. The van der Waals surface area contributed by atoms with Crippen LogP contribution in [-0.2, 0) is 4.74 Å². The van der Waals surface area contributed by atoms with E-state index < -0.39 is 5.60 Å². The number of amides is 1. The lowest BCUT2D eigenvalue weighted by Gasteiger charge is -2.42. The third-order valence-corrected chi connectivity index (χ3v) is 3.92. The molecule has 2 heterocycles. The first kappa shape index (κ1) is 17.2. The zero-order chi connectivity index (χ0) is 17.9. The molecular weight excluding hydrogens is 320 g/mol. The third kappa shape index (κ3) is 4.24. The predicted octanol–water partition coefficient (Wildman–Crippen LogP) is 1.76. The van der Waals surface area contributed by atoms with Crippen molar-refractivity contribution < 1.29 is 14.3 Å². The van der Waals surface area contributed by atoms with Gasteiger partial charge in [0.2, 0.25) is 0 Å². The van der Waals surface area contributed by atoms with E-state index >= 15 is 0 Å². The van der Waals surface area contributed by atoms with Gasteiger partial charge in [-0.15, -0.1) is 0 Å². The van der Waals surface area contributed by atoms with Gasteiger partial charge in [0.1, 0.15) is 30.6 Å². The summed E-state index contributed by atoms with van der Waals surface area (Å²) in [7, 11) is 0. The lowest BCUT2D eigenvalue weighted by atomic mass is 10.0. The van der Waals surface area contributed by atoms with E-state index in [0.29, 0.717) is 25.3 Å². The van der Waals surface area contributed by atoms with Crippen LogP contribution in [0.25, 0.3) is 0 Å². The topological polar surface area (TPSA) is 90.6 Å². The van der Waals surface area contributed by atoms with Crippen LogP contribution in [0.3, 0.4) is 0 Å². The van der Waals surface area contributed by atoms with Crippen molar-refractivity contribution in [1.82, 2.24) is 14.9 Å². The van der Waals surface area contributed by atoms with Crippen LogP contribution in [0.15, 0.2) is 42.9 Å². The fourth-order valence-electron chi connectivity index (χ4n) is 2.92. The lowest BCUT2D eigenvalue weighted by molar-refractivity contribution is -0.136. The highest BCUT2D eigenvalue weighted by Crippen LogP contribution is 2.24. The molecule has 0 bridgehead atoms. The van der Waals surface area contributed by atoms with E-state index in [-0.39, 0.29) is 17.8 Å². The number of rotatable bonds is 4. The molecule has 1 aliphatic rings. The van der Waals surface area contributed by atoms with Gasteiger partial charge in [-0.1, -0.05) is 18.2 Å². The molecule has 0 unspecified atom stereocenters. The Hall–Kier alpha value is -2.67. The molecule has 1 atom stereocenters. The van der Waals surface area contributed by atoms with Crippen LogP contribution in [-0.4, -0.2) is 52.2 Å². The smallest absolute Gasteiger partial charge is 0.259 e. The molecule has 2 N–H and O–H groups in total. The zero-order valence-electron chi connectivity index (χ0n) is 14.4. The Morgan fingerprint density at radius 3 is 2.88 bits per heavy atom. The van der Waals surface area contributed by atoms with Crippen molar-refractivity contribution in [3.05, 3.63) is 48.4 Å². The summed E-state index contributed by atoms with van der Waals surface area (Å²) in [6.45, 7) is 5.14. The normalized spacial score (nSPS) is 19.4. The maximum absolute atomic E-state index is 12.8. The number of nitrogens with two attached hydrogens (primary N) is 1. The van der Waals surface area contributed by atoms with Crippen molar-refractivity contribution in [3.8, 4) is 5.75 Å². The molecule has 0 aliphatic carbocycles. The van der Waals surface area contributed by atoms with Crippen LogP contribution in [0.5, 0.6) is 5.75 Å². The van der Waals surface area contributed by atoms with Crippen molar-refractivity contribution >= 4 is 11.7 Å². The molecule has 132 valence electrons. The molecule has 3 rings (SSSR count). The van der Waals surface area contributed by atoms with Gasteiger partial charge in [-0.2, -0.15) is 0 Å². The van der Waals surface area contributed by atoms with E-state index in [1.165, 1.54) is 12.5 Å². The largest absolute Gasteiger partial charge is 0.491 e. The molecule has 7 heteroatoms. The maximum atomic E-state index is 12.8. The van der Waals surface area contributed by atoms with Crippen molar-refractivity contribution in [2.24, 2.45) is 0 Å². The summed E-state index contributed by atoms with van der Waals surface area (Å²) in [5.74, 6) is 0.758. The van der Waals surface area contributed by atoms with Crippen molar-refractivity contribution in [1.29, 1.82) is 0 Å². The Kier molecular flexibility index (Phi) is 4.85. The number of aromatic nitrogens is 2. The number of nitrogen functional groups attached to an aromatic ring is 1. The van der Waals surface area contributed by atoms with E-state index in [1.54, 1.807) is 4.90 Å². The Labute approximate surface area is 146 Å². The van der Waals surface area contributed by atoms with E-state index in [0.717, 1.165) is 5.75 Å². The fourth-order valence-corrected chi connectivity index (χ4v) is 2.92. The molecule has 1 aliphatic heterocycles.